The molecule has 0 saturated carbocycles. The first-order valence-electron chi connectivity index (χ1n) is 4.60. The van der Waals surface area contributed by atoms with Crippen LogP contribution in [0.15, 0.2) is 6.07 Å². The Morgan fingerprint density at radius 1 is 1.38 bits per heavy atom. The summed E-state index contributed by atoms with van der Waals surface area (Å²) >= 11 is 5.68. The van der Waals surface area contributed by atoms with Crippen molar-refractivity contribution in [1.82, 2.24) is 14.7 Å². The number of nitrogens with one attached hydrogen (secondary N) is 2. The normalized spacial score (nSPS) is 11.8. The fourth-order valence-electron chi connectivity index (χ4n) is 1.04. The first-order valence-corrected chi connectivity index (χ1v) is 6.46. The first-order chi connectivity index (χ1) is 7.28. The third-order valence-electron chi connectivity index (χ3n) is 1.44. The lowest BCUT2D eigenvalue weighted by Gasteiger charge is -2.10. The zero-order valence-electron chi connectivity index (χ0n) is 9.15. The SMILES string of the molecule is Cc1cc(Cl)nc(NS(=O)(=O)NC(C)C)n1. The molecule has 0 unspecified atom stereocenters. The van der Waals surface area contributed by atoms with Gasteiger partial charge in [0.05, 0.1) is 0 Å². The summed E-state index contributed by atoms with van der Waals surface area (Å²) in [5.41, 5.74) is 0.585. The molecule has 0 spiro atoms. The Morgan fingerprint density at radius 3 is 2.50 bits per heavy atom. The van der Waals surface area contributed by atoms with Crippen molar-refractivity contribution >= 4 is 27.8 Å². The van der Waals surface area contributed by atoms with Gasteiger partial charge in [0.2, 0.25) is 5.95 Å². The predicted molar refractivity (Wildman–Crippen MR) is 62.6 cm³/mol. The molecule has 16 heavy (non-hydrogen) atoms. The molecule has 8 heteroatoms. The molecule has 1 rings (SSSR count). The summed E-state index contributed by atoms with van der Waals surface area (Å²) in [4.78, 5) is 7.65. The number of nitrogens with zero attached hydrogens (tertiary/aromatic N) is 2. The van der Waals surface area contributed by atoms with Crippen LogP contribution in [0.4, 0.5) is 5.95 Å². The highest BCUT2D eigenvalue weighted by atomic mass is 35.5. The second-order valence-corrected chi connectivity index (χ2v) is 5.37. The monoisotopic (exact) mass is 264 g/mol. The van der Waals surface area contributed by atoms with E-state index in [0.717, 1.165) is 0 Å². The fraction of sp³-hybridized carbons (Fsp3) is 0.500. The maximum Gasteiger partial charge on any atom is 0.301 e. The van der Waals surface area contributed by atoms with Gasteiger partial charge in [0.25, 0.3) is 0 Å². The van der Waals surface area contributed by atoms with Crippen molar-refractivity contribution in [2.75, 3.05) is 4.72 Å². The van der Waals surface area contributed by atoms with Gasteiger partial charge in [-0.2, -0.15) is 13.1 Å². The summed E-state index contributed by atoms with van der Waals surface area (Å²) < 4.78 is 27.5. The number of halogens is 1. The Morgan fingerprint density at radius 2 is 2.00 bits per heavy atom. The Kier molecular flexibility index (Phi) is 4.06. The summed E-state index contributed by atoms with van der Waals surface area (Å²) in [5.74, 6) is -0.0434. The maximum absolute atomic E-state index is 11.5. The van der Waals surface area contributed by atoms with Gasteiger partial charge in [-0.05, 0) is 26.8 Å². The quantitative estimate of drug-likeness (QED) is 0.798. The highest BCUT2D eigenvalue weighted by Gasteiger charge is 2.13. The second-order valence-electron chi connectivity index (χ2n) is 3.53. The average Bonchev–Trinajstić information content (AvgIpc) is 1.95. The predicted octanol–water partition coefficient (Wildman–Crippen LogP) is 1.09. The zero-order chi connectivity index (χ0) is 12.3. The van der Waals surface area contributed by atoms with Crippen LogP contribution in [-0.2, 0) is 10.2 Å². The third-order valence-corrected chi connectivity index (χ3v) is 2.87. The van der Waals surface area contributed by atoms with Crippen LogP contribution in [0.3, 0.4) is 0 Å². The van der Waals surface area contributed by atoms with Crippen molar-refractivity contribution in [3.05, 3.63) is 16.9 Å². The number of aromatic nitrogens is 2. The van der Waals surface area contributed by atoms with E-state index < -0.39 is 10.2 Å². The lowest BCUT2D eigenvalue weighted by molar-refractivity contribution is 0.575. The summed E-state index contributed by atoms with van der Waals surface area (Å²) in [6, 6.07) is 1.33. The molecular weight excluding hydrogens is 252 g/mol. The van der Waals surface area contributed by atoms with E-state index in [1.54, 1.807) is 20.8 Å². The molecule has 0 aromatic carbocycles. The van der Waals surface area contributed by atoms with Crippen LogP contribution in [0, 0.1) is 6.92 Å². The van der Waals surface area contributed by atoms with E-state index in [4.69, 9.17) is 11.6 Å². The van der Waals surface area contributed by atoms with Crippen molar-refractivity contribution < 1.29 is 8.42 Å². The molecule has 0 saturated heterocycles. The van der Waals surface area contributed by atoms with Gasteiger partial charge in [-0.3, -0.25) is 0 Å². The molecule has 0 radical (unpaired) electrons. The van der Waals surface area contributed by atoms with Crippen molar-refractivity contribution in [1.29, 1.82) is 0 Å². The lowest BCUT2D eigenvalue weighted by atomic mass is 10.4. The number of hydrogen-bond acceptors (Lipinski definition) is 4. The van der Waals surface area contributed by atoms with Crippen molar-refractivity contribution in [3.8, 4) is 0 Å². The number of rotatable bonds is 4. The van der Waals surface area contributed by atoms with Gasteiger partial charge in [0, 0.05) is 11.7 Å². The summed E-state index contributed by atoms with van der Waals surface area (Å²) in [5, 5.41) is 0.190. The van der Waals surface area contributed by atoms with Gasteiger partial charge in [0.1, 0.15) is 5.15 Å². The summed E-state index contributed by atoms with van der Waals surface area (Å²) in [7, 11) is -3.65. The van der Waals surface area contributed by atoms with E-state index in [2.05, 4.69) is 19.4 Å². The molecule has 90 valence electrons. The molecule has 2 N–H and O–H groups in total. The molecule has 1 aromatic rings. The Hall–Kier alpha value is -0.920. The van der Waals surface area contributed by atoms with Crippen LogP contribution in [0.25, 0.3) is 0 Å². The van der Waals surface area contributed by atoms with Crippen molar-refractivity contribution in [2.45, 2.75) is 26.8 Å². The molecule has 0 aliphatic carbocycles. The maximum atomic E-state index is 11.5. The third kappa shape index (κ3) is 4.30. The number of anilines is 1. The van der Waals surface area contributed by atoms with Crippen molar-refractivity contribution in [2.24, 2.45) is 0 Å². The van der Waals surface area contributed by atoms with E-state index in [-0.39, 0.29) is 17.1 Å². The van der Waals surface area contributed by atoms with Crippen LogP contribution in [0.2, 0.25) is 5.15 Å². The molecule has 1 aromatic heterocycles. The standard InChI is InChI=1S/C8H13ClN4O2S/c1-5(2)12-16(14,15)13-8-10-6(3)4-7(9)11-8/h4-5,12H,1-3H3,(H,10,11,13). The highest BCUT2D eigenvalue weighted by Crippen LogP contribution is 2.10. The van der Waals surface area contributed by atoms with Crippen molar-refractivity contribution in [3.63, 3.8) is 0 Å². The lowest BCUT2D eigenvalue weighted by Crippen LogP contribution is -2.35. The van der Waals surface area contributed by atoms with E-state index in [0.29, 0.717) is 5.69 Å². The van der Waals surface area contributed by atoms with Crippen LogP contribution >= 0.6 is 11.6 Å². The Balaban J connectivity index is 2.88. The van der Waals surface area contributed by atoms with Crippen LogP contribution < -0.4 is 9.44 Å². The fourth-order valence-corrected chi connectivity index (χ4v) is 2.28. The van der Waals surface area contributed by atoms with Gasteiger partial charge in [-0.1, -0.05) is 11.6 Å². The number of aryl methyl sites for hydroxylation is 1. The van der Waals surface area contributed by atoms with E-state index in [9.17, 15) is 8.42 Å². The minimum Gasteiger partial charge on any atom is -0.238 e. The Bertz CT molecular complexity index is 455. The molecule has 0 aliphatic heterocycles. The topological polar surface area (TPSA) is 84.0 Å². The molecule has 6 nitrogen and oxygen atoms in total. The van der Waals surface area contributed by atoms with Gasteiger partial charge < -0.3 is 0 Å². The first kappa shape index (κ1) is 13.1. The average molecular weight is 265 g/mol. The van der Waals surface area contributed by atoms with Gasteiger partial charge >= 0.3 is 10.2 Å². The molecule has 0 atom stereocenters. The summed E-state index contributed by atoms with van der Waals surface area (Å²) in [6.45, 7) is 5.12. The largest absolute Gasteiger partial charge is 0.301 e. The van der Waals surface area contributed by atoms with Gasteiger partial charge in [-0.15, -0.1) is 0 Å². The van der Waals surface area contributed by atoms with E-state index >= 15 is 0 Å². The molecule has 0 bridgehead atoms. The van der Waals surface area contributed by atoms with Gasteiger partial charge in [-0.25, -0.2) is 14.7 Å². The van der Waals surface area contributed by atoms with E-state index in [1.807, 2.05) is 0 Å². The van der Waals surface area contributed by atoms with Gasteiger partial charge in [0.15, 0.2) is 0 Å². The minimum atomic E-state index is -3.65. The smallest absolute Gasteiger partial charge is 0.238 e. The molecular formula is C8H13ClN4O2S. The Labute approximate surface area is 99.6 Å². The number of hydrogen-bond donors (Lipinski definition) is 2. The summed E-state index contributed by atoms with van der Waals surface area (Å²) in [6.07, 6.45) is 0. The minimum absolute atomic E-state index is 0.0434. The molecule has 0 amide bonds. The van der Waals surface area contributed by atoms with Crippen LogP contribution in [0.5, 0.6) is 0 Å². The molecule has 1 heterocycles. The highest BCUT2D eigenvalue weighted by molar-refractivity contribution is 7.90. The molecule has 0 fully saturated rings. The van der Waals surface area contributed by atoms with E-state index in [1.165, 1.54) is 6.07 Å². The van der Waals surface area contributed by atoms with Crippen LogP contribution in [-0.4, -0.2) is 24.4 Å². The molecule has 0 aliphatic rings. The zero-order valence-corrected chi connectivity index (χ0v) is 10.7. The second kappa shape index (κ2) is 4.94. The van der Waals surface area contributed by atoms with Crippen LogP contribution in [0.1, 0.15) is 19.5 Å².